The number of amides is 1. The molecule has 2 fully saturated rings. The van der Waals surface area contributed by atoms with Crippen LogP contribution in [0.5, 0.6) is 0 Å². The van der Waals surface area contributed by atoms with Gasteiger partial charge in [0.15, 0.2) is 0 Å². The molecule has 1 saturated heterocycles. The van der Waals surface area contributed by atoms with E-state index in [9.17, 15) is 9.90 Å². The monoisotopic (exact) mass is 302 g/mol. The van der Waals surface area contributed by atoms with Gasteiger partial charge in [0.1, 0.15) is 0 Å². The molecule has 120 valence electrons. The Morgan fingerprint density at radius 1 is 1.18 bits per heavy atom. The lowest BCUT2D eigenvalue weighted by Crippen LogP contribution is -2.38. The fourth-order valence-electron chi connectivity index (χ4n) is 3.50. The number of nitrogens with zero attached hydrogens (tertiary/aromatic N) is 1. The maximum Gasteiger partial charge on any atom is 0.251 e. The maximum atomic E-state index is 12.4. The molecule has 1 aliphatic heterocycles. The average Bonchev–Trinajstić information content (AvgIpc) is 3.03. The van der Waals surface area contributed by atoms with Crippen LogP contribution in [-0.2, 0) is 6.54 Å². The first-order chi connectivity index (χ1) is 10.7. The van der Waals surface area contributed by atoms with E-state index < -0.39 is 0 Å². The van der Waals surface area contributed by atoms with E-state index in [-0.39, 0.29) is 18.1 Å². The van der Waals surface area contributed by atoms with E-state index in [0.29, 0.717) is 0 Å². The van der Waals surface area contributed by atoms with Crippen LogP contribution in [0.4, 0.5) is 0 Å². The van der Waals surface area contributed by atoms with Crippen LogP contribution in [-0.4, -0.2) is 41.1 Å². The quantitative estimate of drug-likeness (QED) is 0.897. The lowest BCUT2D eigenvalue weighted by Gasteiger charge is -2.26. The fourth-order valence-corrected chi connectivity index (χ4v) is 3.50. The predicted octanol–water partition coefficient (Wildman–Crippen LogP) is 2.32. The second-order valence-electron chi connectivity index (χ2n) is 6.66. The number of carbonyl (C=O) groups is 1. The normalized spacial score (nSPS) is 26.0. The number of aliphatic hydroxyl groups excluding tert-OH is 1. The summed E-state index contributed by atoms with van der Waals surface area (Å²) in [5.41, 5.74) is 1.97. The first-order valence-electron chi connectivity index (χ1n) is 8.51. The molecule has 22 heavy (non-hydrogen) atoms. The Balaban J connectivity index is 1.57. The van der Waals surface area contributed by atoms with Gasteiger partial charge in [0.05, 0.1) is 6.10 Å². The molecule has 0 spiro atoms. The van der Waals surface area contributed by atoms with Gasteiger partial charge < -0.3 is 10.4 Å². The van der Waals surface area contributed by atoms with Crippen molar-refractivity contribution in [2.24, 2.45) is 0 Å². The Kier molecular flexibility index (Phi) is 5.11. The van der Waals surface area contributed by atoms with Gasteiger partial charge in [0.2, 0.25) is 0 Å². The van der Waals surface area contributed by atoms with Crippen molar-refractivity contribution in [3.05, 3.63) is 35.4 Å². The van der Waals surface area contributed by atoms with E-state index in [4.69, 9.17) is 0 Å². The molecule has 4 heteroatoms. The zero-order valence-electron chi connectivity index (χ0n) is 13.1. The van der Waals surface area contributed by atoms with Crippen LogP contribution in [0.3, 0.4) is 0 Å². The summed E-state index contributed by atoms with van der Waals surface area (Å²) >= 11 is 0. The van der Waals surface area contributed by atoms with Gasteiger partial charge in [-0.1, -0.05) is 12.1 Å². The lowest BCUT2D eigenvalue weighted by molar-refractivity contribution is 0.0867. The minimum absolute atomic E-state index is 0.0182. The third-order valence-electron chi connectivity index (χ3n) is 4.83. The highest BCUT2D eigenvalue weighted by Gasteiger charge is 2.21. The maximum absolute atomic E-state index is 12.4. The van der Waals surface area contributed by atoms with Crippen LogP contribution >= 0.6 is 0 Å². The van der Waals surface area contributed by atoms with E-state index in [1.165, 1.54) is 31.5 Å². The average molecular weight is 302 g/mol. The van der Waals surface area contributed by atoms with Crippen molar-refractivity contribution in [1.82, 2.24) is 10.2 Å². The van der Waals surface area contributed by atoms with Gasteiger partial charge in [-0.15, -0.1) is 0 Å². The Bertz CT molecular complexity index is 504. The molecule has 0 atom stereocenters. The highest BCUT2D eigenvalue weighted by atomic mass is 16.3. The summed E-state index contributed by atoms with van der Waals surface area (Å²) in [7, 11) is 0. The number of benzene rings is 1. The van der Waals surface area contributed by atoms with Crippen molar-refractivity contribution in [3.63, 3.8) is 0 Å². The van der Waals surface area contributed by atoms with Crippen LogP contribution in [0.25, 0.3) is 0 Å². The lowest BCUT2D eigenvalue weighted by atomic mass is 9.93. The molecular formula is C18H26N2O2. The SMILES string of the molecule is O=C(NC1CCC(O)CC1)c1cccc(CN2CCCC2)c1. The Morgan fingerprint density at radius 2 is 1.91 bits per heavy atom. The summed E-state index contributed by atoms with van der Waals surface area (Å²) in [6, 6.07) is 8.20. The second kappa shape index (κ2) is 7.25. The summed E-state index contributed by atoms with van der Waals surface area (Å²) in [5, 5.41) is 12.6. The van der Waals surface area contributed by atoms with E-state index in [1.54, 1.807) is 0 Å². The van der Waals surface area contributed by atoms with Crippen LogP contribution in [0.2, 0.25) is 0 Å². The molecule has 0 bridgehead atoms. The van der Waals surface area contributed by atoms with Crippen molar-refractivity contribution < 1.29 is 9.90 Å². The molecule has 1 heterocycles. The van der Waals surface area contributed by atoms with E-state index in [2.05, 4.69) is 16.3 Å². The summed E-state index contributed by atoms with van der Waals surface area (Å²) in [6.07, 6.45) is 5.72. The minimum Gasteiger partial charge on any atom is -0.393 e. The molecule has 2 N–H and O–H groups in total. The molecule has 1 aliphatic carbocycles. The minimum atomic E-state index is -0.183. The molecule has 1 amide bonds. The van der Waals surface area contributed by atoms with Crippen molar-refractivity contribution in [2.45, 2.75) is 57.2 Å². The number of hydrogen-bond donors (Lipinski definition) is 2. The highest BCUT2D eigenvalue weighted by Crippen LogP contribution is 2.19. The van der Waals surface area contributed by atoms with Crippen LogP contribution in [0.1, 0.15) is 54.4 Å². The van der Waals surface area contributed by atoms with Crippen LogP contribution < -0.4 is 5.32 Å². The zero-order valence-corrected chi connectivity index (χ0v) is 13.1. The number of rotatable bonds is 4. The van der Waals surface area contributed by atoms with E-state index in [0.717, 1.165) is 37.8 Å². The molecular weight excluding hydrogens is 276 g/mol. The van der Waals surface area contributed by atoms with Gasteiger partial charge in [0, 0.05) is 18.2 Å². The Labute approximate surface area is 132 Å². The van der Waals surface area contributed by atoms with Crippen molar-refractivity contribution >= 4 is 5.91 Å². The Morgan fingerprint density at radius 3 is 2.64 bits per heavy atom. The summed E-state index contributed by atoms with van der Waals surface area (Å²) in [6.45, 7) is 3.28. The van der Waals surface area contributed by atoms with Gasteiger partial charge in [-0.25, -0.2) is 0 Å². The molecule has 3 rings (SSSR count). The fraction of sp³-hybridized carbons (Fsp3) is 0.611. The molecule has 1 saturated carbocycles. The molecule has 1 aromatic rings. The smallest absolute Gasteiger partial charge is 0.251 e. The summed E-state index contributed by atoms with van der Waals surface area (Å²) in [5.74, 6) is 0.0182. The zero-order chi connectivity index (χ0) is 15.4. The standard InChI is InChI=1S/C18H26N2O2/c21-17-8-6-16(7-9-17)19-18(22)15-5-3-4-14(12-15)13-20-10-1-2-11-20/h3-5,12,16-17,21H,1-2,6-11,13H2,(H,19,22). The number of aliphatic hydroxyl groups is 1. The molecule has 4 nitrogen and oxygen atoms in total. The molecule has 0 aromatic heterocycles. The molecule has 0 radical (unpaired) electrons. The molecule has 0 unspecified atom stereocenters. The first-order valence-corrected chi connectivity index (χ1v) is 8.51. The third-order valence-corrected chi connectivity index (χ3v) is 4.83. The summed E-state index contributed by atoms with van der Waals surface area (Å²) < 4.78 is 0. The number of likely N-dealkylation sites (tertiary alicyclic amines) is 1. The van der Waals surface area contributed by atoms with E-state index >= 15 is 0 Å². The number of nitrogens with one attached hydrogen (secondary N) is 1. The van der Waals surface area contributed by atoms with Crippen LogP contribution in [0, 0.1) is 0 Å². The molecule has 2 aliphatic rings. The van der Waals surface area contributed by atoms with Gasteiger partial charge in [-0.2, -0.15) is 0 Å². The van der Waals surface area contributed by atoms with Gasteiger partial charge in [0.25, 0.3) is 5.91 Å². The second-order valence-corrected chi connectivity index (χ2v) is 6.66. The number of carbonyl (C=O) groups excluding carboxylic acids is 1. The van der Waals surface area contributed by atoms with Crippen molar-refractivity contribution in [2.75, 3.05) is 13.1 Å². The molecule has 1 aromatic carbocycles. The first kappa shape index (κ1) is 15.5. The predicted molar refractivity (Wildman–Crippen MR) is 86.7 cm³/mol. The van der Waals surface area contributed by atoms with Crippen LogP contribution in [0.15, 0.2) is 24.3 Å². The van der Waals surface area contributed by atoms with E-state index in [1.807, 2.05) is 18.2 Å². The third kappa shape index (κ3) is 4.08. The summed E-state index contributed by atoms with van der Waals surface area (Å²) in [4.78, 5) is 14.8. The number of hydrogen-bond acceptors (Lipinski definition) is 3. The van der Waals surface area contributed by atoms with Gasteiger partial charge in [-0.3, -0.25) is 9.69 Å². The van der Waals surface area contributed by atoms with Crippen molar-refractivity contribution in [1.29, 1.82) is 0 Å². The Hall–Kier alpha value is -1.39. The topological polar surface area (TPSA) is 52.6 Å². The van der Waals surface area contributed by atoms with Gasteiger partial charge >= 0.3 is 0 Å². The van der Waals surface area contributed by atoms with Crippen molar-refractivity contribution in [3.8, 4) is 0 Å². The van der Waals surface area contributed by atoms with Gasteiger partial charge in [-0.05, 0) is 69.3 Å². The largest absolute Gasteiger partial charge is 0.393 e. The highest BCUT2D eigenvalue weighted by molar-refractivity contribution is 5.94.